The maximum Gasteiger partial charge on any atom is 0.331 e. The zero-order valence-electron chi connectivity index (χ0n) is 11.9. The molecule has 1 unspecified atom stereocenters. The monoisotopic (exact) mass is 290 g/mol. The Balaban J connectivity index is 2.22. The van der Waals surface area contributed by atoms with Gasteiger partial charge in [0.2, 0.25) is 0 Å². The third-order valence-electron chi connectivity index (χ3n) is 3.54. The third kappa shape index (κ3) is 3.09. The van der Waals surface area contributed by atoms with E-state index in [1.165, 1.54) is 7.11 Å². The van der Waals surface area contributed by atoms with Crippen molar-refractivity contribution in [3.8, 4) is 5.75 Å². The maximum atomic E-state index is 12.3. The van der Waals surface area contributed by atoms with E-state index in [2.05, 4.69) is 15.3 Å². The Hall–Kier alpha value is -2.24. The van der Waals surface area contributed by atoms with Gasteiger partial charge in [0.1, 0.15) is 11.3 Å². The predicted molar refractivity (Wildman–Crippen MR) is 76.9 cm³/mol. The highest BCUT2D eigenvalue weighted by atomic mass is 16.5. The van der Waals surface area contributed by atoms with Crippen molar-refractivity contribution in [3.05, 3.63) is 40.3 Å². The second kappa shape index (κ2) is 6.97. The molecule has 7 nitrogen and oxygen atoms in total. The van der Waals surface area contributed by atoms with Gasteiger partial charge < -0.3 is 9.47 Å². The van der Waals surface area contributed by atoms with Crippen LogP contribution in [-0.4, -0.2) is 32.8 Å². The minimum absolute atomic E-state index is 0.331. The van der Waals surface area contributed by atoms with Crippen LogP contribution in [0.5, 0.6) is 5.75 Å². The number of azide groups is 1. The average molecular weight is 290 g/mol. The van der Waals surface area contributed by atoms with Gasteiger partial charge >= 0.3 is 5.97 Å². The molecule has 0 aromatic heterocycles. The molecule has 2 rings (SSSR count). The van der Waals surface area contributed by atoms with E-state index in [0.717, 1.165) is 5.56 Å². The highest BCUT2D eigenvalue weighted by Crippen LogP contribution is 2.37. The SMILES string of the molecule is COC(=O)C1(NCCCN=[N+]=[N-])CCOc2ccccc21. The molecule has 1 aliphatic rings. The highest BCUT2D eigenvalue weighted by molar-refractivity contribution is 5.84. The number of nitrogens with one attached hydrogen (secondary N) is 1. The van der Waals surface area contributed by atoms with Gasteiger partial charge in [-0.15, -0.1) is 0 Å². The molecule has 0 aliphatic carbocycles. The van der Waals surface area contributed by atoms with Gasteiger partial charge in [0.05, 0.1) is 13.7 Å². The molecule has 0 amide bonds. The number of ether oxygens (including phenoxy) is 2. The molecule has 0 saturated carbocycles. The lowest BCUT2D eigenvalue weighted by Crippen LogP contribution is -2.53. The van der Waals surface area contributed by atoms with Crippen LogP contribution in [0.2, 0.25) is 0 Å². The fourth-order valence-corrected chi connectivity index (χ4v) is 2.53. The summed E-state index contributed by atoms with van der Waals surface area (Å²) in [5.41, 5.74) is 8.15. The fraction of sp³-hybridized carbons (Fsp3) is 0.500. The first-order chi connectivity index (χ1) is 10.2. The number of para-hydroxylation sites is 1. The lowest BCUT2D eigenvalue weighted by Gasteiger charge is -2.37. The van der Waals surface area contributed by atoms with E-state index < -0.39 is 5.54 Å². The Morgan fingerprint density at radius 1 is 1.57 bits per heavy atom. The van der Waals surface area contributed by atoms with Crippen molar-refractivity contribution in [3.63, 3.8) is 0 Å². The Labute approximate surface area is 122 Å². The van der Waals surface area contributed by atoms with Gasteiger partial charge in [-0.1, -0.05) is 23.3 Å². The van der Waals surface area contributed by atoms with Crippen LogP contribution in [0.1, 0.15) is 18.4 Å². The Kier molecular flexibility index (Phi) is 5.03. The molecule has 1 aliphatic heterocycles. The smallest absolute Gasteiger partial charge is 0.331 e. The molecule has 112 valence electrons. The maximum absolute atomic E-state index is 12.3. The lowest BCUT2D eigenvalue weighted by molar-refractivity contribution is -0.150. The summed E-state index contributed by atoms with van der Waals surface area (Å²) in [6.07, 6.45) is 1.14. The predicted octanol–water partition coefficient (Wildman–Crippen LogP) is 2.13. The first-order valence-corrected chi connectivity index (χ1v) is 6.81. The molecule has 0 fully saturated rings. The van der Waals surface area contributed by atoms with Crippen LogP contribution in [0.4, 0.5) is 0 Å². The quantitative estimate of drug-likeness (QED) is 0.285. The number of carbonyl (C=O) groups excluding carboxylic acids is 1. The first-order valence-electron chi connectivity index (χ1n) is 6.81. The molecule has 1 heterocycles. The van der Waals surface area contributed by atoms with Crippen molar-refractivity contribution in [2.24, 2.45) is 5.11 Å². The van der Waals surface area contributed by atoms with Crippen LogP contribution in [0.3, 0.4) is 0 Å². The van der Waals surface area contributed by atoms with Gasteiger partial charge in [-0.3, -0.25) is 5.32 Å². The Morgan fingerprint density at radius 3 is 3.14 bits per heavy atom. The number of methoxy groups -OCH3 is 1. The summed E-state index contributed by atoms with van der Waals surface area (Å²) >= 11 is 0. The van der Waals surface area contributed by atoms with E-state index in [4.69, 9.17) is 15.0 Å². The number of hydrogen-bond acceptors (Lipinski definition) is 5. The van der Waals surface area contributed by atoms with E-state index in [0.29, 0.717) is 38.3 Å². The van der Waals surface area contributed by atoms with Crippen LogP contribution < -0.4 is 10.1 Å². The van der Waals surface area contributed by atoms with Gasteiger partial charge in [0.15, 0.2) is 0 Å². The zero-order chi connectivity index (χ0) is 15.1. The summed E-state index contributed by atoms with van der Waals surface area (Å²) in [4.78, 5) is 15.1. The van der Waals surface area contributed by atoms with E-state index in [1.807, 2.05) is 24.3 Å². The molecular weight excluding hydrogens is 272 g/mol. The van der Waals surface area contributed by atoms with Crippen LogP contribution in [0, 0.1) is 0 Å². The number of fused-ring (bicyclic) bond motifs is 1. The van der Waals surface area contributed by atoms with Crippen LogP contribution in [0.15, 0.2) is 29.4 Å². The van der Waals surface area contributed by atoms with Gasteiger partial charge in [-0.2, -0.15) is 0 Å². The minimum atomic E-state index is -0.903. The molecule has 0 spiro atoms. The number of rotatable bonds is 6. The summed E-state index contributed by atoms with van der Waals surface area (Å²) in [6.45, 7) is 1.37. The lowest BCUT2D eigenvalue weighted by atomic mass is 9.84. The van der Waals surface area contributed by atoms with Crippen LogP contribution in [0.25, 0.3) is 10.4 Å². The van der Waals surface area contributed by atoms with E-state index in [9.17, 15) is 4.79 Å². The number of esters is 1. The van der Waals surface area contributed by atoms with Gasteiger partial charge in [0.25, 0.3) is 0 Å². The summed E-state index contributed by atoms with van der Waals surface area (Å²) in [5.74, 6) is 0.360. The first kappa shape index (κ1) is 15.2. The standard InChI is InChI=1S/C14H18N4O3/c1-20-13(19)14(16-8-4-9-17-18-15)7-10-21-12-6-3-2-5-11(12)14/h2-3,5-6,16H,4,7-10H2,1H3. The number of carbonyl (C=O) groups is 1. The largest absolute Gasteiger partial charge is 0.493 e. The molecule has 0 radical (unpaired) electrons. The molecule has 21 heavy (non-hydrogen) atoms. The average Bonchev–Trinajstić information content (AvgIpc) is 2.54. The molecule has 1 atom stereocenters. The van der Waals surface area contributed by atoms with Crippen molar-refractivity contribution in [2.45, 2.75) is 18.4 Å². The second-order valence-electron chi connectivity index (χ2n) is 4.73. The molecule has 1 aromatic carbocycles. The summed E-state index contributed by atoms with van der Waals surface area (Å²) in [7, 11) is 1.38. The van der Waals surface area contributed by atoms with Gasteiger partial charge in [0, 0.05) is 23.4 Å². The number of nitrogens with zero attached hydrogens (tertiary/aromatic N) is 3. The normalized spacial score (nSPS) is 19.9. The number of hydrogen-bond donors (Lipinski definition) is 1. The van der Waals surface area contributed by atoms with Crippen molar-refractivity contribution in [2.75, 3.05) is 26.8 Å². The molecule has 7 heteroatoms. The Bertz CT molecular complexity index is 557. The summed E-state index contributed by atoms with van der Waals surface area (Å²) in [6, 6.07) is 7.44. The van der Waals surface area contributed by atoms with Crippen LogP contribution in [-0.2, 0) is 15.1 Å². The number of benzene rings is 1. The van der Waals surface area contributed by atoms with E-state index >= 15 is 0 Å². The molecule has 1 N–H and O–H groups in total. The van der Waals surface area contributed by atoms with E-state index in [1.54, 1.807) is 0 Å². The highest BCUT2D eigenvalue weighted by Gasteiger charge is 2.45. The van der Waals surface area contributed by atoms with Crippen molar-refractivity contribution < 1.29 is 14.3 Å². The zero-order valence-corrected chi connectivity index (χ0v) is 11.9. The molecule has 0 saturated heterocycles. The van der Waals surface area contributed by atoms with Crippen molar-refractivity contribution in [1.29, 1.82) is 0 Å². The summed E-state index contributed by atoms with van der Waals surface area (Å²) in [5, 5.41) is 6.75. The summed E-state index contributed by atoms with van der Waals surface area (Å²) < 4.78 is 10.6. The second-order valence-corrected chi connectivity index (χ2v) is 4.73. The third-order valence-corrected chi connectivity index (χ3v) is 3.54. The van der Waals surface area contributed by atoms with Crippen LogP contribution >= 0.6 is 0 Å². The van der Waals surface area contributed by atoms with Gasteiger partial charge in [-0.05, 0) is 24.6 Å². The fourth-order valence-electron chi connectivity index (χ4n) is 2.53. The van der Waals surface area contributed by atoms with Crippen molar-refractivity contribution in [1.82, 2.24) is 5.32 Å². The Morgan fingerprint density at radius 2 is 2.38 bits per heavy atom. The molecule has 0 bridgehead atoms. The molecular formula is C14H18N4O3. The van der Waals surface area contributed by atoms with Gasteiger partial charge in [-0.25, -0.2) is 4.79 Å². The molecule has 1 aromatic rings. The van der Waals surface area contributed by atoms with Crippen molar-refractivity contribution >= 4 is 5.97 Å². The topological polar surface area (TPSA) is 96.3 Å². The van der Waals surface area contributed by atoms with E-state index in [-0.39, 0.29) is 5.97 Å². The minimum Gasteiger partial charge on any atom is -0.493 e.